The second-order valence-corrected chi connectivity index (χ2v) is 6.87. The highest BCUT2D eigenvalue weighted by atomic mass is 16.5. The number of ether oxygens (including phenoxy) is 1. The van der Waals surface area contributed by atoms with Crippen molar-refractivity contribution in [1.82, 2.24) is 4.90 Å². The first-order valence-corrected chi connectivity index (χ1v) is 7.36. The van der Waals surface area contributed by atoms with E-state index in [2.05, 4.69) is 18.7 Å². The molecule has 19 heavy (non-hydrogen) atoms. The number of nitrogens with zero attached hydrogens (tertiary/aromatic N) is 1. The van der Waals surface area contributed by atoms with Gasteiger partial charge in [-0.2, -0.15) is 0 Å². The third-order valence-electron chi connectivity index (χ3n) is 4.28. The predicted octanol–water partition coefficient (Wildman–Crippen LogP) is 2.17. The van der Waals surface area contributed by atoms with Gasteiger partial charge in [-0.15, -0.1) is 0 Å². The molecule has 1 atom stereocenters. The fraction of sp³-hybridized carbons (Fsp3) is 0.933. The summed E-state index contributed by atoms with van der Waals surface area (Å²) in [4.78, 5) is 14.0. The fourth-order valence-corrected chi connectivity index (χ4v) is 2.54. The molecule has 2 N–H and O–H groups in total. The molecule has 0 radical (unpaired) electrons. The second-order valence-electron chi connectivity index (χ2n) is 6.87. The van der Waals surface area contributed by atoms with Crippen LogP contribution in [0.1, 0.15) is 52.9 Å². The van der Waals surface area contributed by atoms with E-state index in [-0.39, 0.29) is 5.97 Å². The maximum Gasteiger partial charge on any atom is 0.325 e. The summed E-state index contributed by atoms with van der Waals surface area (Å²) in [7, 11) is 1.39. The number of likely N-dealkylation sites (tertiary alicyclic amines) is 1. The van der Waals surface area contributed by atoms with Crippen molar-refractivity contribution in [3.63, 3.8) is 0 Å². The van der Waals surface area contributed by atoms with E-state index in [1.165, 1.54) is 33.0 Å². The highest BCUT2D eigenvalue weighted by molar-refractivity contribution is 5.79. The molecular weight excluding hydrogens is 240 g/mol. The molecule has 112 valence electrons. The highest BCUT2D eigenvalue weighted by Gasteiger charge is 2.29. The first kappa shape index (κ1) is 16.4. The number of carbonyl (C=O) groups is 1. The smallest absolute Gasteiger partial charge is 0.325 e. The lowest BCUT2D eigenvalue weighted by molar-refractivity contribution is -0.146. The molecule has 4 heteroatoms. The third kappa shape index (κ3) is 5.49. The average molecular weight is 270 g/mol. The molecule has 1 unspecified atom stereocenters. The lowest BCUT2D eigenvalue weighted by Crippen LogP contribution is -2.45. The Bertz CT molecular complexity index is 291. The van der Waals surface area contributed by atoms with Gasteiger partial charge < -0.3 is 15.4 Å². The van der Waals surface area contributed by atoms with Gasteiger partial charge in [0.15, 0.2) is 0 Å². The number of esters is 1. The van der Waals surface area contributed by atoms with E-state index in [1.807, 2.05) is 0 Å². The van der Waals surface area contributed by atoms with Crippen LogP contribution in [0.15, 0.2) is 0 Å². The molecule has 0 bridgehead atoms. The Morgan fingerprint density at radius 2 is 1.89 bits per heavy atom. The van der Waals surface area contributed by atoms with Crippen LogP contribution in [-0.4, -0.2) is 43.2 Å². The molecule has 0 aromatic rings. The number of unbranched alkanes of at least 4 members (excludes halogenated alkanes) is 1. The van der Waals surface area contributed by atoms with Crippen molar-refractivity contribution in [3.05, 3.63) is 0 Å². The van der Waals surface area contributed by atoms with E-state index >= 15 is 0 Å². The Morgan fingerprint density at radius 3 is 2.42 bits per heavy atom. The molecule has 1 saturated heterocycles. The molecule has 1 heterocycles. The van der Waals surface area contributed by atoms with Gasteiger partial charge in [0.05, 0.1) is 7.11 Å². The quantitative estimate of drug-likeness (QED) is 0.593. The summed E-state index contributed by atoms with van der Waals surface area (Å²) in [6.45, 7) is 9.96. The summed E-state index contributed by atoms with van der Waals surface area (Å²) < 4.78 is 4.71. The molecule has 1 aliphatic heterocycles. The van der Waals surface area contributed by atoms with Crippen molar-refractivity contribution >= 4 is 5.97 Å². The molecule has 0 aromatic heterocycles. The van der Waals surface area contributed by atoms with Crippen molar-refractivity contribution in [1.29, 1.82) is 0 Å². The fourth-order valence-electron chi connectivity index (χ4n) is 2.54. The van der Waals surface area contributed by atoms with E-state index in [1.54, 1.807) is 6.92 Å². The average Bonchev–Trinajstić information content (AvgIpc) is 2.35. The summed E-state index contributed by atoms with van der Waals surface area (Å²) in [5.74, 6) is -0.313. The van der Waals surface area contributed by atoms with Crippen molar-refractivity contribution in [2.45, 2.75) is 58.4 Å². The topological polar surface area (TPSA) is 55.6 Å². The Balaban J connectivity index is 2.16. The molecule has 4 nitrogen and oxygen atoms in total. The maximum absolute atomic E-state index is 11.4. The maximum atomic E-state index is 11.4. The van der Waals surface area contributed by atoms with Crippen LogP contribution >= 0.6 is 0 Å². The summed E-state index contributed by atoms with van der Waals surface area (Å²) in [6, 6.07) is 0. The van der Waals surface area contributed by atoms with E-state index in [9.17, 15) is 4.79 Å². The number of hydrogen-bond acceptors (Lipinski definition) is 4. The van der Waals surface area contributed by atoms with Gasteiger partial charge >= 0.3 is 5.97 Å². The molecule has 0 saturated carbocycles. The van der Waals surface area contributed by atoms with Gasteiger partial charge in [0.2, 0.25) is 0 Å². The normalized spacial score (nSPS) is 22.8. The number of methoxy groups -OCH3 is 1. The first-order valence-electron chi connectivity index (χ1n) is 7.36. The zero-order valence-corrected chi connectivity index (χ0v) is 13.0. The number of piperidine rings is 1. The Hall–Kier alpha value is -0.610. The van der Waals surface area contributed by atoms with Crippen LogP contribution in [0, 0.1) is 5.41 Å². The predicted molar refractivity (Wildman–Crippen MR) is 77.9 cm³/mol. The summed E-state index contributed by atoms with van der Waals surface area (Å²) >= 11 is 0. The Morgan fingerprint density at radius 1 is 1.32 bits per heavy atom. The van der Waals surface area contributed by atoms with Crippen molar-refractivity contribution in [2.24, 2.45) is 11.1 Å². The SMILES string of the molecule is COC(=O)C(C)(N)CCCCN1CCC(C)(C)CC1. The van der Waals surface area contributed by atoms with Gasteiger partial charge in [-0.3, -0.25) is 4.79 Å². The van der Waals surface area contributed by atoms with E-state index in [4.69, 9.17) is 10.5 Å². The molecule has 1 rings (SSSR count). The number of hydrogen-bond donors (Lipinski definition) is 1. The summed E-state index contributed by atoms with van der Waals surface area (Å²) in [5, 5.41) is 0. The number of rotatable bonds is 6. The van der Waals surface area contributed by atoms with Crippen LogP contribution in [0.3, 0.4) is 0 Å². The molecule has 0 amide bonds. The van der Waals surface area contributed by atoms with Gasteiger partial charge in [0.1, 0.15) is 5.54 Å². The van der Waals surface area contributed by atoms with Gasteiger partial charge in [0, 0.05) is 0 Å². The minimum absolute atomic E-state index is 0.313. The third-order valence-corrected chi connectivity index (χ3v) is 4.28. The Kier molecular flexibility index (Phi) is 5.81. The first-order chi connectivity index (χ1) is 8.77. The summed E-state index contributed by atoms with van der Waals surface area (Å²) in [5.41, 5.74) is 5.61. The number of nitrogens with two attached hydrogens (primary N) is 1. The zero-order valence-electron chi connectivity index (χ0n) is 13.0. The largest absolute Gasteiger partial charge is 0.468 e. The van der Waals surface area contributed by atoms with E-state index < -0.39 is 5.54 Å². The minimum atomic E-state index is -0.835. The zero-order chi connectivity index (χ0) is 14.5. The van der Waals surface area contributed by atoms with E-state index in [0.717, 1.165) is 19.4 Å². The lowest BCUT2D eigenvalue weighted by atomic mass is 9.82. The van der Waals surface area contributed by atoms with Crippen LogP contribution in [0.2, 0.25) is 0 Å². The molecule has 0 spiro atoms. The molecule has 0 aromatic carbocycles. The number of carbonyl (C=O) groups excluding carboxylic acids is 1. The van der Waals surface area contributed by atoms with Crippen molar-refractivity contribution < 1.29 is 9.53 Å². The van der Waals surface area contributed by atoms with E-state index in [0.29, 0.717) is 11.8 Å². The molecule has 0 aliphatic carbocycles. The monoisotopic (exact) mass is 270 g/mol. The van der Waals surface area contributed by atoms with Gasteiger partial charge in [0.25, 0.3) is 0 Å². The van der Waals surface area contributed by atoms with Crippen LogP contribution in [0.25, 0.3) is 0 Å². The minimum Gasteiger partial charge on any atom is -0.468 e. The molecule has 1 fully saturated rings. The van der Waals surface area contributed by atoms with Crippen molar-refractivity contribution in [2.75, 3.05) is 26.7 Å². The standard InChI is InChI=1S/C15H30N2O2/c1-14(2)8-11-17(12-9-14)10-6-5-7-15(3,16)13(18)19-4/h5-12,16H2,1-4H3. The second kappa shape index (κ2) is 6.71. The highest BCUT2D eigenvalue weighted by Crippen LogP contribution is 2.29. The lowest BCUT2D eigenvalue weighted by Gasteiger charge is -2.37. The summed E-state index contributed by atoms with van der Waals surface area (Å²) in [6.07, 6.45) is 5.33. The van der Waals surface area contributed by atoms with Crippen LogP contribution < -0.4 is 5.73 Å². The molecule has 1 aliphatic rings. The molecular formula is C15H30N2O2. The van der Waals surface area contributed by atoms with Gasteiger partial charge in [-0.25, -0.2) is 0 Å². The van der Waals surface area contributed by atoms with Crippen LogP contribution in [0.5, 0.6) is 0 Å². The van der Waals surface area contributed by atoms with Crippen molar-refractivity contribution in [3.8, 4) is 0 Å². The Labute approximate surface area is 117 Å². The van der Waals surface area contributed by atoms with Crippen LogP contribution in [0.4, 0.5) is 0 Å². The van der Waals surface area contributed by atoms with Gasteiger partial charge in [-0.05, 0) is 64.1 Å². The van der Waals surface area contributed by atoms with Crippen LogP contribution in [-0.2, 0) is 9.53 Å². The van der Waals surface area contributed by atoms with Gasteiger partial charge in [-0.1, -0.05) is 13.8 Å².